The number of nitrogens with zero attached hydrogens (tertiary/aromatic N) is 1. The van der Waals surface area contributed by atoms with Gasteiger partial charge in [-0.1, -0.05) is 0 Å². The summed E-state index contributed by atoms with van der Waals surface area (Å²) in [4.78, 5) is 15.6. The second-order valence-corrected chi connectivity index (χ2v) is 4.03. The lowest BCUT2D eigenvalue weighted by Crippen LogP contribution is -2.25. The Bertz CT molecular complexity index is 385. The molecule has 0 spiro atoms. The van der Waals surface area contributed by atoms with Crippen molar-refractivity contribution in [3.63, 3.8) is 0 Å². The molecule has 0 radical (unpaired) electrons. The zero-order chi connectivity index (χ0) is 13.9. The van der Waals surface area contributed by atoms with Crippen LogP contribution in [0.15, 0.2) is 18.5 Å². The van der Waals surface area contributed by atoms with Crippen LogP contribution in [0.3, 0.4) is 0 Å². The van der Waals surface area contributed by atoms with Crippen molar-refractivity contribution in [2.24, 2.45) is 0 Å². The summed E-state index contributed by atoms with van der Waals surface area (Å²) in [6.45, 7) is 2.49. The van der Waals surface area contributed by atoms with E-state index in [1.807, 2.05) is 0 Å². The van der Waals surface area contributed by atoms with Crippen LogP contribution in [0.25, 0.3) is 0 Å². The summed E-state index contributed by atoms with van der Waals surface area (Å²) < 4.78 is 10.2. The third kappa shape index (κ3) is 6.17. The molecule has 0 aromatic carbocycles. The second-order valence-electron chi connectivity index (χ2n) is 4.03. The lowest BCUT2D eigenvalue weighted by Gasteiger charge is -2.07. The summed E-state index contributed by atoms with van der Waals surface area (Å²) in [5.41, 5.74) is 6.54. The minimum Gasteiger partial charge on any atom is -0.398 e. The predicted octanol–water partition coefficient (Wildman–Crippen LogP) is 0.837. The Kier molecular flexibility index (Phi) is 7.53. The summed E-state index contributed by atoms with van der Waals surface area (Å²) in [6.07, 6.45) is 4.79. The van der Waals surface area contributed by atoms with Crippen LogP contribution >= 0.6 is 0 Å². The number of amides is 1. The summed E-state index contributed by atoms with van der Waals surface area (Å²) in [5.74, 6) is -0.189. The molecule has 1 heterocycles. The number of hydrogen-bond donors (Lipinski definition) is 2. The van der Waals surface area contributed by atoms with Gasteiger partial charge in [0.05, 0.1) is 18.8 Å². The molecule has 1 rings (SSSR count). The Morgan fingerprint density at radius 3 is 2.95 bits per heavy atom. The van der Waals surface area contributed by atoms with Crippen molar-refractivity contribution < 1.29 is 14.3 Å². The lowest BCUT2D eigenvalue weighted by atomic mass is 10.2. The summed E-state index contributed by atoms with van der Waals surface area (Å²) in [5, 5.41) is 2.80. The van der Waals surface area contributed by atoms with Crippen molar-refractivity contribution in [1.82, 2.24) is 10.3 Å². The molecule has 0 bridgehead atoms. The van der Waals surface area contributed by atoms with Crippen LogP contribution in [0.1, 0.15) is 23.2 Å². The maximum Gasteiger partial charge on any atom is 0.254 e. The fourth-order valence-electron chi connectivity index (χ4n) is 1.47. The van der Waals surface area contributed by atoms with Gasteiger partial charge in [0, 0.05) is 38.3 Å². The van der Waals surface area contributed by atoms with Gasteiger partial charge in [-0.25, -0.2) is 0 Å². The van der Waals surface area contributed by atoms with E-state index in [1.165, 1.54) is 6.20 Å². The van der Waals surface area contributed by atoms with Crippen LogP contribution in [0.5, 0.6) is 0 Å². The van der Waals surface area contributed by atoms with E-state index in [9.17, 15) is 4.79 Å². The summed E-state index contributed by atoms with van der Waals surface area (Å²) in [6, 6.07) is 1.61. The van der Waals surface area contributed by atoms with Gasteiger partial charge >= 0.3 is 0 Å². The number of methoxy groups -OCH3 is 1. The Morgan fingerprint density at radius 1 is 1.37 bits per heavy atom. The highest BCUT2D eigenvalue weighted by Crippen LogP contribution is 2.07. The first-order valence-corrected chi connectivity index (χ1v) is 6.30. The van der Waals surface area contributed by atoms with Crippen molar-refractivity contribution in [2.45, 2.75) is 12.8 Å². The van der Waals surface area contributed by atoms with Gasteiger partial charge in [0.1, 0.15) is 0 Å². The average molecular weight is 267 g/mol. The minimum atomic E-state index is -0.189. The molecule has 1 aromatic heterocycles. The first kappa shape index (κ1) is 15.4. The Hall–Kier alpha value is -1.66. The number of nitrogen functional groups attached to an aromatic ring is 1. The maximum atomic E-state index is 11.8. The van der Waals surface area contributed by atoms with Crippen LogP contribution < -0.4 is 11.1 Å². The van der Waals surface area contributed by atoms with Crippen molar-refractivity contribution in [3.05, 3.63) is 24.0 Å². The number of pyridine rings is 1. The molecule has 0 atom stereocenters. The molecule has 0 aliphatic heterocycles. The van der Waals surface area contributed by atoms with Gasteiger partial charge in [-0.05, 0) is 18.9 Å². The van der Waals surface area contributed by atoms with Crippen LogP contribution in [0, 0.1) is 0 Å². The molecule has 0 unspecified atom stereocenters. The second kappa shape index (κ2) is 9.29. The van der Waals surface area contributed by atoms with Gasteiger partial charge in [-0.3, -0.25) is 9.78 Å². The molecule has 1 amide bonds. The zero-order valence-corrected chi connectivity index (χ0v) is 11.2. The molecule has 106 valence electrons. The van der Waals surface area contributed by atoms with Crippen LogP contribution in [0.2, 0.25) is 0 Å². The van der Waals surface area contributed by atoms with E-state index in [1.54, 1.807) is 19.4 Å². The zero-order valence-electron chi connectivity index (χ0n) is 11.2. The van der Waals surface area contributed by atoms with Crippen LogP contribution in [-0.2, 0) is 9.47 Å². The number of nitrogens with two attached hydrogens (primary N) is 1. The highest BCUT2D eigenvalue weighted by molar-refractivity contribution is 5.98. The fourth-order valence-corrected chi connectivity index (χ4v) is 1.47. The quantitative estimate of drug-likeness (QED) is 0.647. The van der Waals surface area contributed by atoms with E-state index in [2.05, 4.69) is 10.3 Å². The third-order valence-electron chi connectivity index (χ3n) is 2.53. The molecule has 19 heavy (non-hydrogen) atoms. The first-order chi connectivity index (χ1) is 9.25. The number of anilines is 1. The van der Waals surface area contributed by atoms with E-state index < -0.39 is 0 Å². The van der Waals surface area contributed by atoms with Gasteiger partial charge in [-0.2, -0.15) is 0 Å². The van der Waals surface area contributed by atoms with Gasteiger partial charge < -0.3 is 20.5 Å². The standard InChI is InChI=1S/C13H21N3O3/c1-18-8-9-19-7-3-2-5-16-13(17)11-10-15-6-4-12(11)14/h4,6,10H,2-3,5,7-9H2,1H3,(H2,14,15)(H,16,17). The Balaban J connectivity index is 2.10. The molecular formula is C13H21N3O3. The first-order valence-electron chi connectivity index (χ1n) is 6.30. The minimum absolute atomic E-state index is 0.189. The number of unbranched alkanes of at least 4 members (excludes halogenated alkanes) is 1. The van der Waals surface area contributed by atoms with Crippen molar-refractivity contribution in [2.75, 3.05) is 39.2 Å². The van der Waals surface area contributed by atoms with Crippen LogP contribution in [0.4, 0.5) is 5.69 Å². The molecule has 0 aliphatic rings. The number of ether oxygens (including phenoxy) is 2. The highest BCUT2D eigenvalue weighted by Gasteiger charge is 2.08. The van der Waals surface area contributed by atoms with Gasteiger partial charge in [0.15, 0.2) is 0 Å². The average Bonchev–Trinajstić information content (AvgIpc) is 2.42. The van der Waals surface area contributed by atoms with Crippen molar-refractivity contribution >= 4 is 11.6 Å². The summed E-state index contributed by atoms with van der Waals surface area (Å²) >= 11 is 0. The molecule has 0 saturated heterocycles. The molecule has 3 N–H and O–H groups in total. The molecule has 6 nitrogen and oxygen atoms in total. The Morgan fingerprint density at radius 2 is 2.21 bits per heavy atom. The monoisotopic (exact) mass is 267 g/mol. The van der Waals surface area contributed by atoms with E-state index in [-0.39, 0.29) is 5.91 Å². The number of hydrogen-bond acceptors (Lipinski definition) is 5. The Labute approximate surface area is 113 Å². The van der Waals surface area contributed by atoms with Crippen molar-refractivity contribution in [3.8, 4) is 0 Å². The molecule has 1 aromatic rings. The number of rotatable bonds is 9. The number of aromatic nitrogens is 1. The van der Waals surface area contributed by atoms with Gasteiger partial charge in [0.2, 0.25) is 0 Å². The number of nitrogens with one attached hydrogen (secondary N) is 1. The van der Waals surface area contributed by atoms with E-state index in [0.29, 0.717) is 37.6 Å². The molecule has 0 fully saturated rings. The van der Waals surface area contributed by atoms with Gasteiger partial charge in [0.25, 0.3) is 5.91 Å². The van der Waals surface area contributed by atoms with E-state index in [4.69, 9.17) is 15.2 Å². The third-order valence-corrected chi connectivity index (χ3v) is 2.53. The number of carbonyl (C=O) groups is 1. The summed E-state index contributed by atoms with van der Waals surface area (Å²) in [7, 11) is 1.64. The number of carbonyl (C=O) groups excluding carboxylic acids is 1. The molecule has 0 saturated carbocycles. The predicted molar refractivity (Wildman–Crippen MR) is 72.9 cm³/mol. The maximum absolute atomic E-state index is 11.8. The van der Waals surface area contributed by atoms with E-state index >= 15 is 0 Å². The highest BCUT2D eigenvalue weighted by atomic mass is 16.5. The largest absolute Gasteiger partial charge is 0.398 e. The lowest BCUT2D eigenvalue weighted by molar-refractivity contribution is 0.0686. The normalized spacial score (nSPS) is 10.4. The molecule has 6 heteroatoms. The van der Waals surface area contributed by atoms with Gasteiger partial charge in [-0.15, -0.1) is 0 Å². The topological polar surface area (TPSA) is 86.5 Å². The van der Waals surface area contributed by atoms with Crippen LogP contribution in [-0.4, -0.2) is 44.4 Å². The molecular weight excluding hydrogens is 246 g/mol. The fraction of sp³-hybridized carbons (Fsp3) is 0.538. The molecule has 0 aliphatic carbocycles. The van der Waals surface area contributed by atoms with E-state index in [0.717, 1.165) is 12.8 Å². The van der Waals surface area contributed by atoms with Crippen molar-refractivity contribution in [1.29, 1.82) is 0 Å². The smallest absolute Gasteiger partial charge is 0.254 e. The SMILES string of the molecule is COCCOCCCCNC(=O)c1cnccc1N.